The van der Waals surface area contributed by atoms with Gasteiger partial charge in [-0.05, 0) is 12.1 Å². The molecule has 1 aromatic heterocycles. The molecule has 0 aliphatic rings. The fourth-order valence-corrected chi connectivity index (χ4v) is 2.37. The number of ether oxygens (including phenoxy) is 1. The lowest BCUT2D eigenvalue weighted by Gasteiger charge is -2.11. The van der Waals surface area contributed by atoms with Gasteiger partial charge in [-0.1, -0.05) is 18.2 Å². The molecule has 1 atom stereocenters. The number of para-hydroxylation sites is 1. The van der Waals surface area contributed by atoms with Crippen LogP contribution in [0.25, 0.3) is 10.9 Å². The van der Waals surface area contributed by atoms with Crippen LogP contribution in [0.5, 0.6) is 0 Å². The van der Waals surface area contributed by atoms with Crippen molar-refractivity contribution < 1.29 is 14.3 Å². The number of ketones is 1. The summed E-state index contributed by atoms with van der Waals surface area (Å²) in [5.41, 5.74) is 1.21. The Kier molecular flexibility index (Phi) is 4.92. The number of nitriles is 1. The molecular formula is C16H17N3O3. The highest BCUT2D eigenvalue weighted by Gasteiger charge is 2.29. The van der Waals surface area contributed by atoms with E-state index in [0.717, 1.165) is 10.9 Å². The Bertz CT molecular complexity index is 743. The summed E-state index contributed by atoms with van der Waals surface area (Å²) >= 11 is 0. The van der Waals surface area contributed by atoms with Crippen molar-refractivity contribution in [2.75, 3.05) is 20.8 Å². The van der Waals surface area contributed by atoms with Gasteiger partial charge in [0, 0.05) is 31.6 Å². The Balaban J connectivity index is 2.51. The number of aromatic nitrogens is 1. The Morgan fingerprint density at radius 2 is 2.14 bits per heavy atom. The summed E-state index contributed by atoms with van der Waals surface area (Å²) in [6, 6.07) is 11.0. The molecule has 0 spiro atoms. The average molecular weight is 299 g/mol. The molecule has 0 saturated heterocycles. The smallest absolute Gasteiger partial charge is 0.245 e. The number of amides is 1. The zero-order valence-corrected chi connectivity index (χ0v) is 12.5. The van der Waals surface area contributed by atoms with Gasteiger partial charge in [0.05, 0.1) is 18.4 Å². The summed E-state index contributed by atoms with van der Waals surface area (Å²) in [4.78, 5) is 24.3. The maximum atomic E-state index is 12.6. The normalized spacial score (nSPS) is 11.9. The quantitative estimate of drug-likeness (QED) is 0.644. The second kappa shape index (κ2) is 6.87. The molecule has 1 heterocycles. The SMILES string of the molecule is CNC(=O)[C@H](C#N)C(=O)c1cc2ccccc2n1CCOC. The van der Waals surface area contributed by atoms with E-state index in [1.165, 1.54) is 7.05 Å². The molecular weight excluding hydrogens is 282 g/mol. The van der Waals surface area contributed by atoms with Crippen molar-refractivity contribution in [1.29, 1.82) is 5.26 Å². The maximum Gasteiger partial charge on any atom is 0.245 e. The van der Waals surface area contributed by atoms with Gasteiger partial charge in [0.1, 0.15) is 0 Å². The van der Waals surface area contributed by atoms with Gasteiger partial charge in [0.2, 0.25) is 11.7 Å². The number of carbonyl (C=O) groups is 2. The summed E-state index contributed by atoms with van der Waals surface area (Å²) in [5, 5.41) is 12.4. The third-order valence-electron chi connectivity index (χ3n) is 3.48. The molecule has 2 aromatic rings. The van der Waals surface area contributed by atoms with Gasteiger partial charge >= 0.3 is 0 Å². The highest BCUT2D eigenvalue weighted by atomic mass is 16.5. The standard InChI is InChI=1S/C16H17N3O3/c1-18-16(21)12(10-17)15(20)14-9-11-5-3-4-6-13(11)19(14)7-8-22-2/h3-6,9,12H,7-8H2,1-2H3,(H,18,21)/t12-/m1/s1. The molecule has 6 nitrogen and oxygen atoms in total. The van der Waals surface area contributed by atoms with Crippen LogP contribution in [0, 0.1) is 17.2 Å². The van der Waals surface area contributed by atoms with Gasteiger partial charge in [-0.3, -0.25) is 9.59 Å². The van der Waals surface area contributed by atoms with Crippen LogP contribution in [-0.4, -0.2) is 37.0 Å². The highest BCUT2D eigenvalue weighted by molar-refractivity contribution is 6.13. The molecule has 0 bridgehead atoms. The molecule has 6 heteroatoms. The Morgan fingerprint density at radius 3 is 2.77 bits per heavy atom. The Hall–Kier alpha value is -2.65. The number of Topliss-reactive ketones (excluding diaryl/α,β-unsaturated/α-hetero) is 1. The molecule has 1 amide bonds. The molecule has 0 aliphatic carbocycles. The third kappa shape index (κ3) is 2.85. The van der Waals surface area contributed by atoms with Crippen LogP contribution in [-0.2, 0) is 16.1 Å². The second-order valence-corrected chi connectivity index (χ2v) is 4.77. The molecule has 0 radical (unpaired) electrons. The van der Waals surface area contributed by atoms with E-state index in [2.05, 4.69) is 5.32 Å². The van der Waals surface area contributed by atoms with E-state index in [9.17, 15) is 9.59 Å². The molecule has 1 N–H and O–H groups in total. The van der Waals surface area contributed by atoms with E-state index in [1.54, 1.807) is 23.8 Å². The Morgan fingerprint density at radius 1 is 1.41 bits per heavy atom. The lowest BCUT2D eigenvalue weighted by atomic mass is 10.0. The van der Waals surface area contributed by atoms with Crippen molar-refractivity contribution in [3.63, 3.8) is 0 Å². The first-order chi connectivity index (χ1) is 10.6. The van der Waals surface area contributed by atoms with Crippen molar-refractivity contribution >= 4 is 22.6 Å². The van der Waals surface area contributed by atoms with Gasteiger partial charge in [-0.15, -0.1) is 0 Å². The van der Waals surface area contributed by atoms with Gasteiger partial charge in [-0.25, -0.2) is 0 Å². The Labute approximate surface area is 128 Å². The minimum Gasteiger partial charge on any atom is -0.383 e. The van der Waals surface area contributed by atoms with Crippen molar-refractivity contribution in [1.82, 2.24) is 9.88 Å². The van der Waals surface area contributed by atoms with Crippen LogP contribution in [0.3, 0.4) is 0 Å². The zero-order valence-electron chi connectivity index (χ0n) is 12.5. The van der Waals surface area contributed by atoms with Crippen molar-refractivity contribution in [2.24, 2.45) is 5.92 Å². The van der Waals surface area contributed by atoms with E-state index < -0.39 is 17.6 Å². The topological polar surface area (TPSA) is 84.1 Å². The lowest BCUT2D eigenvalue weighted by molar-refractivity contribution is -0.121. The molecule has 1 aromatic carbocycles. The van der Waals surface area contributed by atoms with E-state index in [-0.39, 0.29) is 0 Å². The van der Waals surface area contributed by atoms with Gasteiger partial charge in [-0.2, -0.15) is 5.26 Å². The molecule has 22 heavy (non-hydrogen) atoms. The van der Waals surface area contributed by atoms with Crippen LogP contribution < -0.4 is 5.32 Å². The fraction of sp³-hybridized carbons (Fsp3) is 0.312. The molecule has 2 rings (SSSR count). The molecule has 0 fully saturated rings. The highest BCUT2D eigenvalue weighted by Crippen LogP contribution is 2.22. The van der Waals surface area contributed by atoms with Crippen molar-refractivity contribution in [3.05, 3.63) is 36.0 Å². The predicted molar refractivity (Wildman–Crippen MR) is 81.3 cm³/mol. The summed E-state index contributed by atoms with van der Waals surface area (Å²) < 4.78 is 6.86. The molecule has 0 aliphatic heterocycles. The molecule has 114 valence electrons. The number of methoxy groups -OCH3 is 1. The van der Waals surface area contributed by atoms with E-state index >= 15 is 0 Å². The van der Waals surface area contributed by atoms with Crippen molar-refractivity contribution in [2.45, 2.75) is 6.54 Å². The van der Waals surface area contributed by atoms with Crippen LogP contribution in [0.2, 0.25) is 0 Å². The van der Waals surface area contributed by atoms with Crippen LogP contribution >= 0.6 is 0 Å². The largest absolute Gasteiger partial charge is 0.383 e. The van der Waals surface area contributed by atoms with E-state index in [4.69, 9.17) is 10.00 Å². The minimum absolute atomic E-state index is 0.341. The number of hydrogen-bond donors (Lipinski definition) is 1. The summed E-state index contributed by atoms with van der Waals surface area (Å²) in [6.45, 7) is 0.896. The monoisotopic (exact) mass is 299 g/mol. The van der Waals surface area contributed by atoms with E-state index in [0.29, 0.717) is 18.8 Å². The van der Waals surface area contributed by atoms with Gasteiger partial charge in [0.25, 0.3) is 0 Å². The van der Waals surface area contributed by atoms with Crippen LogP contribution in [0.4, 0.5) is 0 Å². The van der Waals surface area contributed by atoms with Gasteiger partial charge < -0.3 is 14.6 Å². The van der Waals surface area contributed by atoms with Crippen LogP contribution in [0.15, 0.2) is 30.3 Å². The summed E-state index contributed by atoms with van der Waals surface area (Å²) in [7, 11) is 2.98. The second-order valence-electron chi connectivity index (χ2n) is 4.77. The third-order valence-corrected chi connectivity index (χ3v) is 3.48. The number of carbonyl (C=O) groups excluding carboxylic acids is 2. The first-order valence-corrected chi connectivity index (χ1v) is 6.86. The average Bonchev–Trinajstić information content (AvgIpc) is 2.91. The first kappa shape index (κ1) is 15.7. The fourth-order valence-electron chi connectivity index (χ4n) is 2.37. The van der Waals surface area contributed by atoms with Crippen LogP contribution in [0.1, 0.15) is 10.5 Å². The van der Waals surface area contributed by atoms with E-state index in [1.807, 2.05) is 24.3 Å². The maximum absolute atomic E-state index is 12.6. The van der Waals surface area contributed by atoms with Gasteiger partial charge in [0.15, 0.2) is 5.92 Å². The zero-order chi connectivity index (χ0) is 16.1. The summed E-state index contributed by atoms with van der Waals surface area (Å²) in [5.74, 6) is -2.46. The number of fused-ring (bicyclic) bond motifs is 1. The minimum atomic E-state index is -1.35. The van der Waals surface area contributed by atoms with Crippen molar-refractivity contribution in [3.8, 4) is 6.07 Å². The summed E-state index contributed by atoms with van der Waals surface area (Å²) in [6.07, 6.45) is 0. The number of nitrogens with one attached hydrogen (secondary N) is 1. The lowest BCUT2D eigenvalue weighted by Crippen LogP contribution is -2.33. The molecule has 0 saturated carbocycles. The first-order valence-electron chi connectivity index (χ1n) is 6.86. The number of rotatable bonds is 6. The molecule has 0 unspecified atom stereocenters. The number of nitrogens with zero attached hydrogens (tertiary/aromatic N) is 2. The predicted octanol–water partition coefficient (Wildman–Crippen LogP) is 1.36. The number of hydrogen-bond acceptors (Lipinski definition) is 4. The number of benzene rings is 1.